The SMILES string of the molecule is Cc1ccc(N(C)CCc2cc(C)ccc2N(C)C)c(C)c1. The van der Waals surface area contributed by atoms with Crippen LogP contribution in [-0.4, -0.2) is 27.7 Å². The maximum absolute atomic E-state index is 2.36. The van der Waals surface area contributed by atoms with Gasteiger partial charge in [0, 0.05) is 39.1 Å². The number of benzene rings is 2. The van der Waals surface area contributed by atoms with Crippen molar-refractivity contribution in [3.8, 4) is 0 Å². The first-order chi connectivity index (χ1) is 10.4. The lowest BCUT2D eigenvalue weighted by molar-refractivity contribution is 0.867. The highest BCUT2D eigenvalue weighted by Crippen LogP contribution is 2.23. The van der Waals surface area contributed by atoms with Crippen molar-refractivity contribution in [2.45, 2.75) is 27.2 Å². The first kappa shape index (κ1) is 16.4. The summed E-state index contributed by atoms with van der Waals surface area (Å²) in [4.78, 5) is 4.56. The maximum atomic E-state index is 2.36. The van der Waals surface area contributed by atoms with E-state index in [1.54, 1.807) is 0 Å². The summed E-state index contributed by atoms with van der Waals surface area (Å²) < 4.78 is 0. The van der Waals surface area contributed by atoms with Crippen molar-refractivity contribution in [2.24, 2.45) is 0 Å². The molecule has 0 amide bonds. The van der Waals surface area contributed by atoms with Gasteiger partial charge in [0.1, 0.15) is 0 Å². The third-order valence-corrected chi connectivity index (χ3v) is 4.20. The molecule has 2 heteroatoms. The summed E-state index contributed by atoms with van der Waals surface area (Å²) in [5.41, 5.74) is 8.06. The highest BCUT2D eigenvalue weighted by molar-refractivity contribution is 5.56. The molecule has 2 aromatic rings. The van der Waals surface area contributed by atoms with Gasteiger partial charge in [-0.05, 0) is 50.5 Å². The lowest BCUT2D eigenvalue weighted by Gasteiger charge is -2.24. The number of likely N-dealkylation sites (N-methyl/N-ethyl adjacent to an activating group) is 1. The second-order valence-corrected chi connectivity index (χ2v) is 6.49. The summed E-state index contributed by atoms with van der Waals surface area (Å²) in [5.74, 6) is 0. The van der Waals surface area contributed by atoms with E-state index in [0.717, 1.165) is 13.0 Å². The van der Waals surface area contributed by atoms with Gasteiger partial charge in [0.15, 0.2) is 0 Å². The van der Waals surface area contributed by atoms with Gasteiger partial charge in [-0.25, -0.2) is 0 Å². The van der Waals surface area contributed by atoms with Crippen molar-refractivity contribution in [2.75, 3.05) is 37.5 Å². The van der Waals surface area contributed by atoms with Gasteiger partial charge in [-0.1, -0.05) is 35.4 Å². The molecule has 0 spiro atoms. The fraction of sp³-hybridized carbons (Fsp3) is 0.400. The summed E-state index contributed by atoms with van der Waals surface area (Å²) >= 11 is 0. The van der Waals surface area contributed by atoms with Crippen LogP contribution in [0.3, 0.4) is 0 Å². The minimum absolute atomic E-state index is 1.02. The molecular formula is C20H28N2. The van der Waals surface area contributed by atoms with E-state index in [2.05, 4.69) is 88.1 Å². The van der Waals surface area contributed by atoms with Crippen molar-refractivity contribution in [1.29, 1.82) is 0 Å². The van der Waals surface area contributed by atoms with Crippen molar-refractivity contribution in [3.63, 3.8) is 0 Å². The fourth-order valence-electron chi connectivity index (χ4n) is 2.99. The van der Waals surface area contributed by atoms with Gasteiger partial charge in [-0.3, -0.25) is 0 Å². The van der Waals surface area contributed by atoms with E-state index in [0.29, 0.717) is 0 Å². The molecule has 0 N–H and O–H groups in total. The normalized spacial score (nSPS) is 10.6. The number of hydrogen-bond acceptors (Lipinski definition) is 2. The summed E-state index contributed by atoms with van der Waals surface area (Å²) in [6.07, 6.45) is 1.05. The number of hydrogen-bond donors (Lipinski definition) is 0. The number of nitrogens with zero attached hydrogens (tertiary/aromatic N) is 2. The molecule has 0 aliphatic carbocycles. The number of anilines is 2. The van der Waals surface area contributed by atoms with Gasteiger partial charge >= 0.3 is 0 Å². The molecule has 0 unspecified atom stereocenters. The van der Waals surface area contributed by atoms with E-state index >= 15 is 0 Å². The Morgan fingerprint density at radius 2 is 1.36 bits per heavy atom. The molecule has 118 valence electrons. The van der Waals surface area contributed by atoms with Crippen molar-refractivity contribution < 1.29 is 0 Å². The van der Waals surface area contributed by atoms with Gasteiger partial charge < -0.3 is 9.80 Å². The Labute approximate surface area is 135 Å². The maximum Gasteiger partial charge on any atom is 0.0394 e. The van der Waals surface area contributed by atoms with Crippen LogP contribution < -0.4 is 9.80 Å². The predicted molar refractivity (Wildman–Crippen MR) is 98.4 cm³/mol. The van der Waals surface area contributed by atoms with Crippen LogP contribution in [0.2, 0.25) is 0 Å². The van der Waals surface area contributed by atoms with Crippen LogP contribution in [-0.2, 0) is 6.42 Å². The van der Waals surface area contributed by atoms with E-state index in [1.165, 1.54) is 33.6 Å². The molecule has 0 aromatic heterocycles. The Morgan fingerprint density at radius 3 is 1.95 bits per heavy atom. The molecule has 2 rings (SSSR count). The van der Waals surface area contributed by atoms with Crippen LogP contribution >= 0.6 is 0 Å². The zero-order valence-corrected chi connectivity index (χ0v) is 14.8. The van der Waals surface area contributed by atoms with E-state index in [1.807, 2.05) is 0 Å². The average molecular weight is 296 g/mol. The Kier molecular flexibility index (Phi) is 5.12. The first-order valence-corrected chi connectivity index (χ1v) is 7.93. The Hall–Kier alpha value is -1.96. The number of rotatable bonds is 5. The Balaban J connectivity index is 2.14. The van der Waals surface area contributed by atoms with Crippen LogP contribution in [0.1, 0.15) is 22.3 Å². The van der Waals surface area contributed by atoms with E-state index in [-0.39, 0.29) is 0 Å². The average Bonchev–Trinajstić information content (AvgIpc) is 2.44. The molecule has 0 bridgehead atoms. The summed E-state index contributed by atoms with van der Waals surface area (Å²) in [6, 6.07) is 13.4. The smallest absolute Gasteiger partial charge is 0.0394 e. The van der Waals surface area contributed by atoms with Crippen molar-refractivity contribution >= 4 is 11.4 Å². The first-order valence-electron chi connectivity index (χ1n) is 7.93. The van der Waals surface area contributed by atoms with Crippen molar-refractivity contribution in [1.82, 2.24) is 0 Å². The summed E-state index contributed by atoms with van der Waals surface area (Å²) in [7, 11) is 6.41. The molecular weight excluding hydrogens is 268 g/mol. The van der Waals surface area contributed by atoms with E-state index < -0.39 is 0 Å². The fourth-order valence-corrected chi connectivity index (χ4v) is 2.99. The minimum Gasteiger partial charge on any atom is -0.377 e. The quantitative estimate of drug-likeness (QED) is 0.809. The van der Waals surface area contributed by atoms with Gasteiger partial charge in [0.2, 0.25) is 0 Å². The van der Waals surface area contributed by atoms with Gasteiger partial charge in [0.25, 0.3) is 0 Å². The third-order valence-electron chi connectivity index (χ3n) is 4.20. The van der Waals surface area contributed by atoms with Crippen LogP contribution in [0.25, 0.3) is 0 Å². The molecule has 0 radical (unpaired) electrons. The van der Waals surface area contributed by atoms with Crippen LogP contribution in [0.4, 0.5) is 11.4 Å². The molecule has 2 nitrogen and oxygen atoms in total. The second-order valence-electron chi connectivity index (χ2n) is 6.49. The highest BCUT2D eigenvalue weighted by Gasteiger charge is 2.08. The minimum atomic E-state index is 1.02. The molecule has 2 aromatic carbocycles. The van der Waals surface area contributed by atoms with Crippen LogP contribution in [0.15, 0.2) is 36.4 Å². The molecule has 0 saturated heterocycles. The monoisotopic (exact) mass is 296 g/mol. The van der Waals surface area contributed by atoms with Gasteiger partial charge in [-0.2, -0.15) is 0 Å². The molecule has 22 heavy (non-hydrogen) atoms. The molecule has 0 fully saturated rings. The lowest BCUT2D eigenvalue weighted by atomic mass is 10.0. The zero-order chi connectivity index (χ0) is 16.3. The van der Waals surface area contributed by atoms with Gasteiger partial charge in [-0.15, -0.1) is 0 Å². The Morgan fingerprint density at radius 1 is 0.773 bits per heavy atom. The summed E-state index contributed by atoms with van der Waals surface area (Å²) in [5, 5.41) is 0. The predicted octanol–water partition coefficient (Wildman–Crippen LogP) is 4.36. The molecule has 0 aliphatic rings. The largest absolute Gasteiger partial charge is 0.377 e. The van der Waals surface area contributed by atoms with E-state index in [9.17, 15) is 0 Å². The lowest BCUT2D eigenvalue weighted by Crippen LogP contribution is -2.22. The molecule has 0 atom stereocenters. The van der Waals surface area contributed by atoms with Gasteiger partial charge in [0.05, 0.1) is 0 Å². The zero-order valence-electron chi connectivity index (χ0n) is 14.8. The second kappa shape index (κ2) is 6.87. The highest BCUT2D eigenvalue weighted by atomic mass is 15.1. The Bertz CT molecular complexity index is 644. The van der Waals surface area contributed by atoms with Crippen molar-refractivity contribution in [3.05, 3.63) is 58.7 Å². The van der Waals surface area contributed by atoms with Crippen LogP contribution in [0, 0.1) is 20.8 Å². The van der Waals surface area contributed by atoms with Crippen LogP contribution in [0.5, 0.6) is 0 Å². The molecule has 0 saturated carbocycles. The molecule has 0 heterocycles. The summed E-state index contributed by atoms with van der Waals surface area (Å²) in [6.45, 7) is 7.52. The van der Waals surface area contributed by atoms with E-state index in [4.69, 9.17) is 0 Å². The molecule has 0 aliphatic heterocycles. The standard InChI is InChI=1S/C20H28N2/c1-15-7-9-19(17(3)13-15)22(6)12-11-18-14-16(2)8-10-20(18)21(4)5/h7-10,13-14H,11-12H2,1-6H3. The number of aryl methyl sites for hydroxylation is 3. The topological polar surface area (TPSA) is 6.48 Å². The third kappa shape index (κ3) is 3.82.